The third kappa shape index (κ3) is 39.8. The number of hydrogen-bond donors (Lipinski definition) is 8. The summed E-state index contributed by atoms with van der Waals surface area (Å²) >= 11 is 0. The lowest BCUT2D eigenvalue weighted by molar-refractivity contribution is -0.277. The molecule has 0 radical (unpaired) electrons. The second-order valence-electron chi connectivity index (χ2n) is 30.3. The first-order valence-electron chi connectivity index (χ1n) is 41.6. The van der Waals surface area contributed by atoms with Crippen molar-refractivity contribution in [2.24, 2.45) is 5.92 Å². The summed E-state index contributed by atoms with van der Waals surface area (Å²) < 4.78 is 159. The number of rotatable bonds is 53. The van der Waals surface area contributed by atoms with Gasteiger partial charge < -0.3 is 118 Å². The molecule has 4 rings (SSSR count). The van der Waals surface area contributed by atoms with Gasteiger partial charge in [0.05, 0.1) is 0 Å². The van der Waals surface area contributed by atoms with E-state index in [0.717, 1.165) is 76.2 Å². The largest absolute Gasteiger partial charge is 0.463 e. The zero-order valence-corrected chi connectivity index (χ0v) is 73.5. The maximum atomic E-state index is 14.7. The molecule has 3 heterocycles. The summed E-state index contributed by atoms with van der Waals surface area (Å²) in [5.74, 6) is -28.4. The summed E-state index contributed by atoms with van der Waals surface area (Å²) in [5, 5.41) is 21.3. The van der Waals surface area contributed by atoms with Crippen LogP contribution in [-0.2, 0) is 157 Å². The molecular weight excluding hydrogens is 1720 g/mol. The molecule has 0 aromatic heterocycles. The van der Waals surface area contributed by atoms with E-state index >= 15 is 0 Å². The average Bonchev–Trinajstić information content (AvgIpc) is 0.806. The van der Waals surface area contributed by atoms with Crippen LogP contribution >= 0.6 is 0 Å². The number of ether oxygens (including phenoxy) is 16. The highest BCUT2D eigenvalue weighted by molar-refractivity contribution is 5.92. The molecule has 42 nitrogen and oxygen atoms in total. The number of amides is 8. The molecule has 1 aromatic rings. The minimum absolute atomic E-state index is 0.0244. The van der Waals surface area contributed by atoms with Crippen molar-refractivity contribution >= 4 is 107 Å². The van der Waals surface area contributed by atoms with Gasteiger partial charge in [-0.1, -0.05) is 6.92 Å². The zero-order valence-electron chi connectivity index (χ0n) is 73.5. The SMILES string of the molecule is CC(=O)N[C@H]1C(OC(C)=O)[C@@H](OC(C)=O)C(COC(C)=O)O[C@H]1OCCCCC(=O)NCCCCC(NC(=O)CCCCO[C@@H]1OC(COC(C)=O)[C@H](OC(C)=O)C(OC(C)=O)[C@@H]1NC(C)=O)C(=O)NC(CCCCNC(=O)CCCCO[C@@H]1OC(COC(C)=O)[C@H](OC(C)=O)C(OC(C)=O)[C@@H]1NC(C)=O)C(=O)NCCC(C)CC(=O)Oc1c(F)c(F)c(F)c(F)c1F. The number of carbonyl (C=O) groups is 18. The van der Waals surface area contributed by atoms with Gasteiger partial charge in [-0.15, -0.1) is 0 Å². The van der Waals surface area contributed by atoms with Gasteiger partial charge >= 0.3 is 59.7 Å². The van der Waals surface area contributed by atoms with Gasteiger partial charge in [-0.05, 0) is 89.4 Å². The van der Waals surface area contributed by atoms with Crippen molar-refractivity contribution in [2.75, 3.05) is 59.3 Å². The normalized spacial score (nSPS) is 22.4. The van der Waals surface area contributed by atoms with E-state index in [4.69, 9.17) is 71.1 Å². The molecular formula is C81H117F5N8O34. The highest BCUT2D eigenvalue weighted by atomic mass is 19.2. The van der Waals surface area contributed by atoms with E-state index in [1.165, 1.54) is 13.8 Å². The average molecular weight is 1840 g/mol. The van der Waals surface area contributed by atoms with Gasteiger partial charge in [-0.25, -0.2) is 13.2 Å². The summed E-state index contributed by atoms with van der Waals surface area (Å²) in [5.41, 5.74) is 0. The van der Waals surface area contributed by atoms with Crippen LogP contribution < -0.4 is 47.3 Å². The maximum absolute atomic E-state index is 14.7. The van der Waals surface area contributed by atoms with Crippen LogP contribution in [0.25, 0.3) is 0 Å². The number of unbranched alkanes of at least 4 members (excludes halogenated alkanes) is 5. The highest BCUT2D eigenvalue weighted by Crippen LogP contribution is 2.34. The Morgan fingerprint density at radius 3 is 0.969 bits per heavy atom. The number of hydrogen-bond acceptors (Lipinski definition) is 34. The molecule has 3 aliphatic rings. The topological polar surface area (TPSA) is 551 Å². The molecule has 1 aromatic carbocycles. The molecule has 0 aliphatic carbocycles. The third-order valence-electron chi connectivity index (χ3n) is 19.1. The number of esters is 10. The Kier molecular flexibility index (Phi) is 48.2. The van der Waals surface area contributed by atoms with Crippen LogP contribution in [0.5, 0.6) is 5.75 Å². The molecule has 720 valence electrons. The summed E-state index contributed by atoms with van der Waals surface area (Å²) in [6, 6.07) is -6.65. The number of halogens is 5. The Hall–Kier alpha value is -10.9. The first-order chi connectivity index (χ1) is 60.4. The maximum Gasteiger partial charge on any atom is 0.311 e. The molecule has 8 amide bonds. The molecule has 3 fully saturated rings. The second kappa shape index (κ2) is 56.4. The number of benzene rings is 1. The minimum atomic E-state index is -2.49. The zero-order chi connectivity index (χ0) is 95.6. The second-order valence-corrected chi connectivity index (χ2v) is 30.3. The summed E-state index contributed by atoms with van der Waals surface area (Å²) in [6.45, 7) is 12.5. The van der Waals surface area contributed by atoms with Crippen molar-refractivity contribution in [1.29, 1.82) is 0 Å². The van der Waals surface area contributed by atoms with E-state index in [2.05, 4.69) is 47.3 Å². The van der Waals surface area contributed by atoms with Crippen LogP contribution in [0.15, 0.2) is 0 Å². The molecule has 0 bridgehead atoms. The highest BCUT2D eigenvalue weighted by Gasteiger charge is 2.55. The standard InChI is InChI=1S/C81H117F5N8O34/c1-40(36-61(110)128-73-65(85)63(83)62(82)64(84)66(73)86)29-32-89-77(111)53(24-14-19-30-87-58(107)26-16-21-33-113-79-67(90-41(2)95)74(122-50(11)104)70(119-47(8)101)55(125-79)37-116-44(5)98)94-78(112)54(93-60(109)28-18-23-35-115-81-69(92-43(4)97)76(124-52(13)106)72(121-49(10)103)57(127-81)39-118-46(7)100)25-15-20-31-88-59(108)27-17-22-34-114-80-68(91-42(3)96)75(123-51(12)105)71(120-48(9)102)56(126-80)38-117-45(6)99/h40,53-57,67-72,74-76,79-81H,14-39H2,1-13H3,(H,87,107)(H,88,108)(H,89,111)(H,90,95)(H,91,96)(H,92,97)(H,93,109)(H,94,112)/t40?,53?,54?,55?,56?,57?,67-,68-,69-,70-,71-,72-,74?,75?,76?,79+,80+,81+/m0/s1. The van der Waals surface area contributed by atoms with E-state index in [-0.39, 0.29) is 142 Å². The van der Waals surface area contributed by atoms with Gasteiger partial charge in [-0.3, -0.25) is 86.3 Å². The Bertz CT molecular complexity index is 3950. The monoisotopic (exact) mass is 1840 g/mol. The molecule has 0 spiro atoms. The van der Waals surface area contributed by atoms with Gasteiger partial charge in [0.25, 0.3) is 0 Å². The third-order valence-corrected chi connectivity index (χ3v) is 19.1. The minimum Gasteiger partial charge on any atom is -0.463 e. The first kappa shape index (κ1) is 109. The predicted molar refractivity (Wildman–Crippen MR) is 422 cm³/mol. The number of carbonyl (C=O) groups excluding carboxylic acids is 18. The van der Waals surface area contributed by atoms with Crippen LogP contribution in [0.2, 0.25) is 0 Å². The molecule has 3 aliphatic heterocycles. The molecule has 47 heteroatoms. The van der Waals surface area contributed by atoms with Gasteiger partial charge in [-0.2, -0.15) is 8.78 Å². The molecule has 8 N–H and O–H groups in total. The van der Waals surface area contributed by atoms with E-state index in [9.17, 15) is 108 Å². The Balaban J connectivity index is 1.54. The summed E-state index contributed by atoms with van der Waals surface area (Å²) in [6.07, 6.45) is -16.2. The lowest BCUT2D eigenvalue weighted by atomic mass is 9.96. The van der Waals surface area contributed by atoms with Crippen molar-refractivity contribution < 1.29 is 184 Å². The van der Waals surface area contributed by atoms with Crippen molar-refractivity contribution in [2.45, 2.75) is 303 Å². The lowest BCUT2D eigenvalue weighted by Crippen LogP contribution is -2.66. The Morgan fingerprint density at radius 2 is 0.648 bits per heavy atom. The quantitative estimate of drug-likeness (QED) is 0.00878. The summed E-state index contributed by atoms with van der Waals surface area (Å²) in [4.78, 5) is 229. The fraction of sp³-hybridized carbons (Fsp3) is 0.704. The molecule has 9 unspecified atom stereocenters. The van der Waals surface area contributed by atoms with E-state index in [1.807, 2.05) is 0 Å². The van der Waals surface area contributed by atoms with Crippen LogP contribution in [0.1, 0.15) is 199 Å². The van der Waals surface area contributed by atoms with Gasteiger partial charge in [0.15, 0.2) is 55.5 Å². The summed E-state index contributed by atoms with van der Waals surface area (Å²) in [7, 11) is 0. The van der Waals surface area contributed by atoms with Gasteiger partial charge in [0.2, 0.25) is 82.1 Å². The van der Waals surface area contributed by atoms with Crippen LogP contribution in [0.4, 0.5) is 22.0 Å². The molecule has 128 heavy (non-hydrogen) atoms. The Labute approximate surface area is 734 Å². The fourth-order valence-corrected chi connectivity index (χ4v) is 13.5. The van der Waals surface area contributed by atoms with Gasteiger partial charge in [0, 0.05) is 148 Å². The van der Waals surface area contributed by atoms with Crippen molar-refractivity contribution in [3.05, 3.63) is 29.1 Å². The number of nitrogens with one attached hydrogen (secondary N) is 8. The first-order valence-corrected chi connectivity index (χ1v) is 41.6. The smallest absolute Gasteiger partial charge is 0.311 e. The van der Waals surface area contributed by atoms with Crippen LogP contribution in [0, 0.1) is 35.0 Å². The lowest BCUT2D eigenvalue weighted by Gasteiger charge is -2.44. The van der Waals surface area contributed by atoms with Crippen LogP contribution in [0.3, 0.4) is 0 Å². The van der Waals surface area contributed by atoms with E-state index in [0.29, 0.717) is 0 Å². The molecule has 3 saturated heterocycles. The Morgan fingerprint density at radius 1 is 0.336 bits per heavy atom. The van der Waals surface area contributed by atoms with Gasteiger partial charge in [0.1, 0.15) is 68.3 Å². The molecule has 0 saturated carbocycles. The van der Waals surface area contributed by atoms with Crippen molar-refractivity contribution in [1.82, 2.24) is 42.5 Å². The van der Waals surface area contributed by atoms with Crippen molar-refractivity contribution in [3.63, 3.8) is 0 Å². The van der Waals surface area contributed by atoms with E-state index < -0.39 is 278 Å². The molecule has 18 atom stereocenters. The fourth-order valence-electron chi connectivity index (χ4n) is 13.5. The van der Waals surface area contributed by atoms with E-state index in [1.54, 1.807) is 0 Å². The van der Waals surface area contributed by atoms with Crippen molar-refractivity contribution in [3.8, 4) is 5.75 Å². The predicted octanol–water partition coefficient (Wildman–Crippen LogP) is 1.89. The van der Waals surface area contributed by atoms with Crippen LogP contribution in [-0.4, -0.2) is 270 Å².